The smallest absolute Gasteiger partial charge is 0.407 e. The van der Waals surface area contributed by atoms with E-state index in [-0.39, 0.29) is 29.9 Å². The van der Waals surface area contributed by atoms with Crippen LogP contribution in [0.5, 0.6) is 0 Å². The first-order chi connectivity index (χ1) is 16.3. The van der Waals surface area contributed by atoms with Crippen LogP contribution in [0.3, 0.4) is 0 Å². The standard InChI is InChI=1S/C25H21N3O5S/c29-24(26-19-14-27(15-19)25(30)31)18-10-12-20(13-11-18)34(32,33)28-16-22(17-6-2-1-3-7-17)21-8-4-5-9-23(21)28/h1-13,16,19H,14-15H2,(H,26,29)(H,30,31). The van der Waals surface area contributed by atoms with Crippen LogP contribution in [0.4, 0.5) is 4.79 Å². The molecule has 0 spiro atoms. The van der Waals surface area contributed by atoms with Crippen LogP contribution in [0.15, 0.2) is 90.0 Å². The number of rotatable bonds is 5. The molecule has 3 aromatic carbocycles. The van der Waals surface area contributed by atoms with Gasteiger partial charge in [-0.05, 0) is 35.9 Å². The summed E-state index contributed by atoms with van der Waals surface area (Å²) in [5.41, 5.74) is 2.59. The summed E-state index contributed by atoms with van der Waals surface area (Å²) in [6.07, 6.45) is 0.605. The summed E-state index contributed by atoms with van der Waals surface area (Å²) < 4.78 is 28.3. The molecule has 34 heavy (non-hydrogen) atoms. The fourth-order valence-electron chi connectivity index (χ4n) is 4.08. The van der Waals surface area contributed by atoms with Crippen LogP contribution in [0.2, 0.25) is 0 Å². The van der Waals surface area contributed by atoms with E-state index >= 15 is 0 Å². The summed E-state index contributed by atoms with van der Waals surface area (Å²) in [6, 6.07) is 22.4. The lowest BCUT2D eigenvalue weighted by Gasteiger charge is -2.37. The summed E-state index contributed by atoms with van der Waals surface area (Å²) in [4.78, 5) is 24.6. The van der Waals surface area contributed by atoms with E-state index in [4.69, 9.17) is 5.11 Å². The number of benzene rings is 3. The van der Waals surface area contributed by atoms with Gasteiger partial charge in [-0.3, -0.25) is 4.79 Å². The Hall–Kier alpha value is -4.11. The number of aromatic nitrogens is 1. The van der Waals surface area contributed by atoms with E-state index in [0.717, 1.165) is 16.5 Å². The Kier molecular flexibility index (Phi) is 5.33. The van der Waals surface area contributed by atoms with Gasteiger partial charge in [0, 0.05) is 35.8 Å². The summed E-state index contributed by atoms with van der Waals surface area (Å²) in [5, 5.41) is 12.5. The molecule has 4 aromatic rings. The third-order valence-electron chi connectivity index (χ3n) is 5.92. The molecule has 9 heteroatoms. The van der Waals surface area contributed by atoms with Gasteiger partial charge in [0.05, 0.1) is 16.5 Å². The second-order valence-corrected chi connectivity index (χ2v) is 9.92. The molecule has 5 rings (SSSR count). The van der Waals surface area contributed by atoms with Crippen LogP contribution in [-0.2, 0) is 10.0 Å². The van der Waals surface area contributed by atoms with Crippen LogP contribution in [0.25, 0.3) is 22.0 Å². The Morgan fingerprint density at radius 3 is 2.21 bits per heavy atom. The van der Waals surface area contributed by atoms with E-state index in [1.54, 1.807) is 18.3 Å². The Bertz CT molecular complexity index is 1490. The maximum absolute atomic E-state index is 13.5. The zero-order chi connectivity index (χ0) is 23.9. The number of hydrogen-bond donors (Lipinski definition) is 2. The van der Waals surface area contributed by atoms with E-state index in [2.05, 4.69) is 5.32 Å². The zero-order valence-corrected chi connectivity index (χ0v) is 18.8. The molecule has 0 atom stereocenters. The lowest BCUT2D eigenvalue weighted by Crippen LogP contribution is -2.60. The molecule has 1 aromatic heterocycles. The highest BCUT2D eigenvalue weighted by atomic mass is 32.2. The SMILES string of the molecule is O=C(NC1CN(C(=O)O)C1)c1ccc(S(=O)(=O)n2cc(-c3ccccc3)c3ccccc32)cc1. The lowest BCUT2D eigenvalue weighted by molar-refractivity contribution is 0.0767. The van der Waals surface area contributed by atoms with Crippen molar-refractivity contribution in [3.8, 4) is 11.1 Å². The van der Waals surface area contributed by atoms with Gasteiger partial charge in [-0.25, -0.2) is 17.2 Å². The van der Waals surface area contributed by atoms with Crippen molar-refractivity contribution in [2.24, 2.45) is 0 Å². The highest BCUT2D eigenvalue weighted by molar-refractivity contribution is 7.90. The molecular weight excluding hydrogens is 454 g/mol. The maximum atomic E-state index is 13.5. The van der Waals surface area contributed by atoms with Crippen LogP contribution >= 0.6 is 0 Å². The average Bonchev–Trinajstić information content (AvgIpc) is 3.22. The summed E-state index contributed by atoms with van der Waals surface area (Å²) >= 11 is 0. The van der Waals surface area contributed by atoms with Gasteiger partial charge >= 0.3 is 6.09 Å². The minimum atomic E-state index is -3.92. The minimum Gasteiger partial charge on any atom is -0.465 e. The van der Waals surface area contributed by atoms with Crippen LogP contribution in [0.1, 0.15) is 10.4 Å². The number of carboxylic acid groups (broad SMARTS) is 1. The predicted octanol–water partition coefficient (Wildman–Crippen LogP) is 3.64. The molecule has 0 aliphatic carbocycles. The molecule has 0 saturated carbocycles. The lowest BCUT2D eigenvalue weighted by atomic mass is 10.1. The molecule has 1 aliphatic heterocycles. The third-order valence-corrected chi connectivity index (χ3v) is 7.61. The fourth-order valence-corrected chi connectivity index (χ4v) is 5.45. The number of nitrogens with zero attached hydrogens (tertiary/aromatic N) is 2. The van der Waals surface area contributed by atoms with Crippen LogP contribution in [0, 0.1) is 0 Å². The number of nitrogens with one attached hydrogen (secondary N) is 1. The van der Waals surface area contributed by atoms with Gasteiger partial charge in [0.2, 0.25) is 0 Å². The molecule has 0 unspecified atom stereocenters. The van der Waals surface area contributed by atoms with E-state index in [1.807, 2.05) is 42.5 Å². The molecule has 8 nitrogen and oxygen atoms in total. The van der Waals surface area contributed by atoms with Crippen molar-refractivity contribution in [3.05, 3.63) is 90.6 Å². The first kappa shape index (κ1) is 21.7. The van der Waals surface area contributed by atoms with E-state index in [9.17, 15) is 18.0 Å². The molecule has 0 bridgehead atoms. The van der Waals surface area contributed by atoms with Gasteiger partial charge in [-0.1, -0.05) is 48.5 Å². The molecule has 1 fully saturated rings. The van der Waals surface area contributed by atoms with Gasteiger partial charge in [-0.15, -0.1) is 0 Å². The van der Waals surface area contributed by atoms with Gasteiger partial charge in [0.15, 0.2) is 0 Å². The van der Waals surface area contributed by atoms with Crippen LogP contribution in [-0.4, -0.2) is 53.5 Å². The van der Waals surface area contributed by atoms with Crippen molar-refractivity contribution in [3.63, 3.8) is 0 Å². The number of carbonyl (C=O) groups is 2. The molecule has 0 radical (unpaired) electrons. The number of likely N-dealkylation sites (tertiary alicyclic amines) is 1. The Labute approximate surface area is 196 Å². The van der Waals surface area contributed by atoms with E-state index < -0.39 is 16.1 Å². The van der Waals surface area contributed by atoms with Crippen molar-refractivity contribution in [2.75, 3.05) is 13.1 Å². The van der Waals surface area contributed by atoms with Crippen molar-refractivity contribution in [1.29, 1.82) is 0 Å². The van der Waals surface area contributed by atoms with Crippen molar-refractivity contribution < 1.29 is 23.1 Å². The second-order valence-electron chi connectivity index (χ2n) is 8.11. The number of para-hydroxylation sites is 1. The van der Waals surface area contributed by atoms with E-state index in [0.29, 0.717) is 11.1 Å². The summed E-state index contributed by atoms with van der Waals surface area (Å²) in [7, 11) is -3.92. The Morgan fingerprint density at radius 1 is 0.882 bits per heavy atom. The van der Waals surface area contributed by atoms with Crippen molar-refractivity contribution in [1.82, 2.24) is 14.2 Å². The third kappa shape index (κ3) is 3.80. The molecular formula is C25H21N3O5S. The highest BCUT2D eigenvalue weighted by Gasteiger charge is 2.31. The van der Waals surface area contributed by atoms with Gasteiger partial charge < -0.3 is 15.3 Å². The Balaban J connectivity index is 1.42. The second kappa shape index (κ2) is 8.35. The quantitative estimate of drug-likeness (QED) is 0.458. The summed E-state index contributed by atoms with van der Waals surface area (Å²) in [5.74, 6) is -0.378. The topological polar surface area (TPSA) is 109 Å². The molecule has 2 heterocycles. The normalized spacial score (nSPS) is 14.1. The number of hydrogen-bond acceptors (Lipinski definition) is 4. The predicted molar refractivity (Wildman–Crippen MR) is 127 cm³/mol. The number of fused-ring (bicyclic) bond motifs is 1. The molecule has 2 amide bonds. The highest BCUT2D eigenvalue weighted by Crippen LogP contribution is 2.33. The molecule has 172 valence electrons. The number of carbonyl (C=O) groups excluding carboxylic acids is 1. The van der Waals surface area contributed by atoms with Crippen LogP contribution < -0.4 is 5.32 Å². The molecule has 1 saturated heterocycles. The fraction of sp³-hybridized carbons (Fsp3) is 0.120. The average molecular weight is 476 g/mol. The monoisotopic (exact) mass is 475 g/mol. The zero-order valence-electron chi connectivity index (χ0n) is 18.0. The largest absolute Gasteiger partial charge is 0.465 e. The Morgan fingerprint density at radius 2 is 1.53 bits per heavy atom. The maximum Gasteiger partial charge on any atom is 0.407 e. The van der Waals surface area contributed by atoms with Gasteiger partial charge in [0.25, 0.3) is 15.9 Å². The number of amides is 2. The van der Waals surface area contributed by atoms with Crippen molar-refractivity contribution >= 4 is 32.9 Å². The van der Waals surface area contributed by atoms with Gasteiger partial charge in [0.1, 0.15) is 0 Å². The minimum absolute atomic E-state index is 0.0603. The van der Waals surface area contributed by atoms with Crippen molar-refractivity contribution in [2.45, 2.75) is 10.9 Å². The first-order valence-corrected chi connectivity index (χ1v) is 12.1. The van der Waals surface area contributed by atoms with E-state index in [1.165, 1.54) is 33.1 Å². The first-order valence-electron chi connectivity index (χ1n) is 10.6. The molecule has 2 N–H and O–H groups in total. The summed E-state index contributed by atoms with van der Waals surface area (Å²) in [6.45, 7) is 0.468. The van der Waals surface area contributed by atoms with Gasteiger partial charge in [-0.2, -0.15) is 0 Å². The molecule has 1 aliphatic rings.